The highest BCUT2D eigenvalue weighted by Gasteiger charge is 2.46. The van der Waals surface area contributed by atoms with Crippen molar-refractivity contribution in [2.75, 3.05) is 14.2 Å². The second kappa shape index (κ2) is 6.37. The van der Waals surface area contributed by atoms with E-state index in [1.165, 1.54) is 14.2 Å². The van der Waals surface area contributed by atoms with Crippen LogP contribution in [0.15, 0.2) is 46.5 Å². The minimum atomic E-state index is -1.83. The highest BCUT2D eigenvalue weighted by Crippen LogP contribution is 2.50. The molecular weight excluding hydrogens is 363 g/mol. The zero-order chi connectivity index (χ0) is 18.4. The summed E-state index contributed by atoms with van der Waals surface area (Å²) in [5.74, 6) is 0.539. The van der Waals surface area contributed by atoms with Crippen LogP contribution < -0.4 is 9.47 Å². The number of carbonyl (C=O) groups excluding carboxylic acids is 1. The van der Waals surface area contributed by atoms with Crippen molar-refractivity contribution in [3.8, 4) is 11.5 Å². The lowest BCUT2D eigenvalue weighted by molar-refractivity contribution is 0.0964. The van der Waals surface area contributed by atoms with Crippen LogP contribution in [0, 0.1) is 6.92 Å². The average molecular weight is 379 g/mol. The van der Waals surface area contributed by atoms with E-state index >= 15 is 0 Å². The van der Waals surface area contributed by atoms with Gasteiger partial charge < -0.3 is 14.6 Å². The van der Waals surface area contributed by atoms with Crippen molar-refractivity contribution >= 4 is 29.0 Å². The first kappa shape index (κ1) is 17.8. The van der Waals surface area contributed by atoms with Gasteiger partial charge in [-0.25, -0.2) is 0 Å². The summed E-state index contributed by atoms with van der Waals surface area (Å²) in [6.07, 6.45) is 0. The van der Waals surface area contributed by atoms with Gasteiger partial charge in [0.15, 0.2) is 5.60 Å². The predicted octanol–water partition coefficient (Wildman–Crippen LogP) is 4.13. The SMILES string of the molecule is COc1cc(C)c(OC)c(C2(O)C(Cl)=C(Cl)C(=O)c3ccccc32)c1. The smallest absolute Gasteiger partial charge is 0.206 e. The molecule has 1 aliphatic carbocycles. The van der Waals surface area contributed by atoms with E-state index in [1.54, 1.807) is 36.4 Å². The average Bonchev–Trinajstić information content (AvgIpc) is 2.63. The lowest BCUT2D eigenvalue weighted by atomic mass is 9.77. The molecule has 1 unspecified atom stereocenters. The van der Waals surface area contributed by atoms with Gasteiger partial charge in [-0.05, 0) is 24.6 Å². The molecule has 0 heterocycles. The van der Waals surface area contributed by atoms with Crippen LogP contribution in [0.4, 0.5) is 0 Å². The molecule has 0 saturated heterocycles. The Labute approximate surface area is 155 Å². The number of Topliss-reactive ketones (excluding diaryl/α,β-unsaturated/α-hetero) is 1. The number of halogens is 2. The molecule has 0 aromatic heterocycles. The maximum absolute atomic E-state index is 12.4. The molecule has 3 rings (SSSR count). The van der Waals surface area contributed by atoms with Crippen LogP contribution >= 0.6 is 23.2 Å². The Balaban J connectivity index is 2.43. The Morgan fingerprint density at radius 1 is 1.04 bits per heavy atom. The van der Waals surface area contributed by atoms with Crippen LogP contribution in [-0.4, -0.2) is 25.1 Å². The molecule has 1 N–H and O–H groups in total. The van der Waals surface area contributed by atoms with Gasteiger partial charge in [-0.1, -0.05) is 47.5 Å². The summed E-state index contributed by atoms with van der Waals surface area (Å²) in [7, 11) is 3.03. The van der Waals surface area contributed by atoms with E-state index in [-0.39, 0.29) is 10.1 Å². The molecule has 0 aliphatic heterocycles. The molecule has 0 fully saturated rings. The first-order chi connectivity index (χ1) is 11.9. The highest BCUT2D eigenvalue weighted by atomic mass is 35.5. The molecule has 1 aliphatic rings. The van der Waals surface area contributed by atoms with Crippen molar-refractivity contribution in [1.82, 2.24) is 0 Å². The number of benzene rings is 2. The van der Waals surface area contributed by atoms with E-state index in [2.05, 4.69) is 0 Å². The molecule has 0 amide bonds. The topological polar surface area (TPSA) is 55.8 Å². The standard InChI is InChI=1S/C19H16Cl2O4/c1-10-8-11(24-2)9-14(17(10)25-3)19(23)13-7-5-4-6-12(13)16(22)15(20)18(19)21/h4-9,23H,1-3H3. The summed E-state index contributed by atoms with van der Waals surface area (Å²) in [5.41, 5.74) is -0.0779. The minimum Gasteiger partial charge on any atom is -0.497 e. The van der Waals surface area contributed by atoms with Gasteiger partial charge in [0.25, 0.3) is 0 Å². The number of hydrogen-bond acceptors (Lipinski definition) is 4. The van der Waals surface area contributed by atoms with Crippen molar-refractivity contribution in [3.63, 3.8) is 0 Å². The minimum absolute atomic E-state index is 0.163. The Bertz CT molecular complexity index is 904. The molecule has 0 spiro atoms. The van der Waals surface area contributed by atoms with Gasteiger partial charge >= 0.3 is 0 Å². The van der Waals surface area contributed by atoms with Gasteiger partial charge in [0.05, 0.1) is 19.3 Å². The zero-order valence-electron chi connectivity index (χ0n) is 13.9. The Morgan fingerprint density at radius 3 is 2.36 bits per heavy atom. The fourth-order valence-corrected chi connectivity index (χ4v) is 3.68. The summed E-state index contributed by atoms with van der Waals surface area (Å²) >= 11 is 12.5. The fraction of sp³-hybridized carbons (Fsp3) is 0.211. The molecule has 6 heteroatoms. The van der Waals surface area contributed by atoms with Crippen LogP contribution in [0.1, 0.15) is 27.0 Å². The molecule has 2 aromatic carbocycles. The maximum Gasteiger partial charge on any atom is 0.206 e. The number of ketones is 1. The number of allylic oxidation sites excluding steroid dienone is 1. The van der Waals surface area contributed by atoms with E-state index in [0.717, 1.165) is 5.56 Å². The number of ether oxygens (including phenoxy) is 2. The van der Waals surface area contributed by atoms with Crippen LogP contribution in [-0.2, 0) is 5.60 Å². The second-order valence-corrected chi connectivity index (χ2v) is 6.49. The number of aryl methyl sites for hydroxylation is 1. The molecule has 25 heavy (non-hydrogen) atoms. The number of fused-ring (bicyclic) bond motifs is 1. The lowest BCUT2D eigenvalue weighted by Gasteiger charge is -2.35. The molecule has 130 valence electrons. The number of hydrogen-bond donors (Lipinski definition) is 1. The predicted molar refractivity (Wildman–Crippen MR) is 96.8 cm³/mol. The van der Waals surface area contributed by atoms with E-state index in [9.17, 15) is 9.90 Å². The van der Waals surface area contributed by atoms with Crippen molar-refractivity contribution in [1.29, 1.82) is 0 Å². The van der Waals surface area contributed by atoms with Gasteiger partial charge in [0.1, 0.15) is 16.5 Å². The first-order valence-electron chi connectivity index (χ1n) is 7.51. The molecule has 4 nitrogen and oxygen atoms in total. The van der Waals surface area contributed by atoms with Crippen molar-refractivity contribution in [3.05, 3.63) is 68.7 Å². The summed E-state index contributed by atoms with van der Waals surface area (Å²) in [5, 5.41) is 11.3. The first-order valence-corrected chi connectivity index (χ1v) is 8.27. The van der Waals surface area contributed by atoms with Gasteiger partial charge in [-0.2, -0.15) is 0 Å². The summed E-state index contributed by atoms with van der Waals surface area (Å²) in [6, 6.07) is 10.1. The van der Waals surface area contributed by atoms with Crippen LogP contribution in [0.25, 0.3) is 0 Å². The van der Waals surface area contributed by atoms with E-state index in [4.69, 9.17) is 32.7 Å². The largest absolute Gasteiger partial charge is 0.497 e. The van der Waals surface area contributed by atoms with Crippen molar-refractivity contribution in [2.45, 2.75) is 12.5 Å². The zero-order valence-corrected chi connectivity index (χ0v) is 15.4. The summed E-state index contributed by atoms with van der Waals surface area (Å²) < 4.78 is 10.8. The third-order valence-corrected chi connectivity index (χ3v) is 5.27. The molecular formula is C19H16Cl2O4. The Kier molecular flexibility index (Phi) is 4.54. The van der Waals surface area contributed by atoms with E-state index in [0.29, 0.717) is 28.2 Å². The monoisotopic (exact) mass is 378 g/mol. The van der Waals surface area contributed by atoms with E-state index in [1.807, 2.05) is 6.92 Å². The van der Waals surface area contributed by atoms with Gasteiger partial charge in [0.2, 0.25) is 5.78 Å². The third-order valence-electron chi connectivity index (χ3n) is 4.35. The third kappa shape index (κ3) is 2.53. The van der Waals surface area contributed by atoms with Crippen molar-refractivity contribution < 1.29 is 19.4 Å². The van der Waals surface area contributed by atoms with E-state index < -0.39 is 11.4 Å². The molecule has 0 radical (unpaired) electrons. The summed E-state index contributed by atoms with van der Waals surface area (Å²) in [6.45, 7) is 1.83. The normalized spacial score (nSPS) is 19.7. The molecule has 2 aromatic rings. The molecule has 1 atom stereocenters. The molecule has 0 bridgehead atoms. The van der Waals surface area contributed by atoms with Gasteiger partial charge in [0, 0.05) is 16.7 Å². The number of rotatable bonds is 3. The Hall–Kier alpha value is -2.01. The fourth-order valence-electron chi connectivity index (χ4n) is 3.15. The van der Waals surface area contributed by atoms with Gasteiger partial charge in [-0.15, -0.1) is 0 Å². The maximum atomic E-state index is 12.4. The van der Waals surface area contributed by atoms with Crippen LogP contribution in [0.2, 0.25) is 0 Å². The highest BCUT2D eigenvalue weighted by molar-refractivity contribution is 6.51. The van der Waals surface area contributed by atoms with Gasteiger partial charge in [-0.3, -0.25) is 4.79 Å². The van der Waals surface area contributed by atoms with Crippen LogP contribution in [0.3, 0.4) is 0 Å². The number of methoxy groups -OCH3 is 2. The molecule has 0 saturated carbocycles. The second-order valence-electron chi connectivity index (χ2n) is 5.74. The lowest BCUT2D eigenvalue weighted by Crippen LogP contribution is -2.35. The number of carbonyl (C=O) groups is 1. The van der Waals surface area contributed by atoms with Crippen molar-refractivity contribution in [2.24, 2.45) is 0 Å². The summed E-state index contributed by atoms with van der Waals surface area (Å²) in [4.78, 5) is 12.4. The van der Waals surface area contributed by atoms with Crippen LogP contribution in [0.5, 0.6) is 11.5 Å². The quantitative estimate of drug-likeness (QED) is 0.871. The Morgan fingerprint density at radius 2 is 1.72 bits per heavy atom. The number of aliphatic hydroxyl groups is 1.